The molecule has 0 aliphatic rings. The summed E-state index contributed by atoms with van der Waals surface area (Å²) in [5, 5.41) is 0. The molecular weight excluding hydrogens is 363 g/mol. The van der Waals surface area contributed by atoms with E-state index in [2.05, 4.69) is 0 Å². The molecule has 3 aromatic rings. The number of amides is 1. The summed E-state index contributed by atoms with van der Waals surface area (Å²) in [4.78, 5) is 14.4. The molecule has 2 nitrogen and oxygen atoms in total. The van der Waals surface area contributed by atoms with Crippen molar-refractivity contribution >= 4 is 11.6 Å². The van der Waals surface area contributed by atoms with Crippen LogP contribution in [-0.4, -0.2) is 13.0 Å². The van der Waals surface area contributed by atoms with Crippen LogP contribution in [0, 0.1) is 6.92 Å². The van der Waals surface area contributed by atoms with Crippen molar-refractivity contribution in [1.29, 1.82) is 0 Å². The van der Waals surface area contributed by atoms with Gasteiger partial charge in [-0.2, -0.15) is 13.2 Å². The number of alkyl halides is 3. The quantitative estimate of drug-likeness (QED) is 0.550. The second-order valence-electron chi connectivity index (χ2n) is 6.60. The highest BCUT2D eigenvalue weighted by Gasteiger charge is 2.33. The summed E-state index contributed by atoms with van der Waals surface area (Å²) in [5.74, 6) is -0.272. The zero-order valence-electron chi connectivity index (χ0n) is 15.6. The predicted molar refractivity (Wildman–Crippen MR) is 105 cm³/mol. The maximum absolute atomic E-state index is 13.1. The van der Waals surface area contributed by atoms with E-state index in [0.29, 0.717) is 11.3 Å². The molecule has 0 aliphatic carbocycles. The molecule has 0 atom stereocenters. The zero-order chi connectivity index (χ0) is 20.3. The van der Waals surface area contributed by atoms with E-state index in [0.717, 1.165) is 17.2 Å². The third kappa shape index (κ3) is 4.09. The number of carbonyl (C=O) groups is 1. The first kappa shape index (κ1) is 19.7. The van der Waals surface area contributed by atoms with E-state index in [-0.39, 0.29) is 17.9 Å². The van der Waals surface area contributed by atoms with Gasteiger partial charge >= 0.3 is 6.18 Å². The number of hydrogen-bond donors (Lipinski definition) is 0. The Morgan fingerprint density at radius 1 is 0.893 bits per heavy atom. The van der Waals surface area contributed by atoms with Gasteiger partial charge in [-0.1, -0.05) is 60.7 Å². The summed E-state index contributed by atoms with van der Waals surface area (Å²) in [5.41, 5.74) is 2.33. The number of anilines is 1. The van der Waals surface area contributed by atoms with Gasteiger partial charge in [0.1, 0.15) is 0 Å². The first-order valence-electron chi connectivity index (χ1n) is 8.85. The lowest BCUT2D eigenvalue weighted by molar-refractivity contribution is -0.138. The van der Waals surface area contributed by atoms with Crippen molar-refractivity contribution in [2.75, 3.05) is 11.9 Å². The van der Waals surface area contributed by atoms with E-state index in [1.807, 2.05) is 54.6 Å². The number of benzene rings is 3. The number of halogens is 3. The number of para-hydroxylation sites is 1. The summed E-state index contributed by atoms with van der Waals surface area (Å²) < 4.78 is 39.4. The van der Waals surface area contributed by atoms with Crippen LogP contribution < -0.4 is 4.90 Å². The molecule has 3 aromatic carbocycles. The Kier molecular flexibility index (Phi) is 5.54. The molecule has 0 fully saturated rings. The van der Waals surface area contributed by atoms with Gasteiger partial charge in [-0.15, -0.1) is 0 Å². The molecule has 1 amide bonds. The van der Waals surface area contributed by atoms with Gasteiger partial charge in [-0.05, 0) is 35.7 Å². The molecule has 0 spiro atoms. The topological polar surface area (TPSA) is 20.3 Å². The van der Waals surface area contributed by atoms with Gasteiger partial charge in [0.05, 0.1) is 17.7 Å². The Balaban J connectivity index is 1.90. The zero-order valence-corrected chi connectivity index (χ0v) is 15.6. The highest BCUT2D eigenvalue weighted by Crippen LogP contribution is 2.34. The Morgan fingerprint density at radius 2 is 1.54 bits per heavy atom. The standard InChI is InChI=1S/C23H20F3NO/c1-16-18(11-8-13-20(16)23(24,25)26)15-22(28)27(2)21-14-7-6-12-19(21)17-9-4-3-5-10-17/h3-14H,15H2,1-2H3. The maximum Gasteiger partial charge on any atom is 0.416 e. The van der Waals surface area contributed by atoms with Crippen LogP contribution in [0.1, 0.15) is 16.7 Å². The molecule has 0 unspecified atom stereocenters. The summed E-state index contributed by atoms with van der Waals surface area (Å²) in [6.45, 7) is 1.41. The molecule has 5 heteroatoms. The molecular formula is C23H20F3NO. The van der Waals surface area contributed by atoms with Crippen LogP contribution in [0.5, 0.6) is 0 Å². The van der Waals surface area contributed by atoms with E-state index in [1.165, 1.54) is 17.9 Å². The lowest BCUT2D eigenvalue weighted by Gasteiger charge is -2.22. The molecule has 0 saturated heterocycles. The SMILES string of the molecule is Cc1c(CC(=O)N(C)c2ccccc2-c2ccccc2)cccc1C(F)(F)F. The van der Waals surface area contributed by atoms with Crippen molar-refractivity contribution in [2.45, 2.75) is 19.5 Å². The van der Waals surface area contributed by atoms with Crippen LogP contribution in [0.4, 0.5) is 18.9 Å². The summed E-state index contributed by atoms with van der Waals surface area (Å²) >= 11 is 0. The van der Waals surface area contributed by atoms with Crippen molar-refractivity contribution in [1.82, 2.24) is 0 Å². The summed E-state index contributed by atoms with van der Waals surface area (Å²) in [6.07, 6.45) is -4.54. The highest BCUT2D eigenvalue weighted by atomic mass is 19.4. The lowest BCUT2D eigenvalue weighted by Crippen LogP contribution is -2.28. The predicted octanol–water partition coefficient (Wildman–Crippen LogP) is 5.89. The monoisotopic (exact) mass is 383 g/mol. The lowest BCUT2D eigenvalue weighted by atomic mass is 9.98. The van der Waals surface area contributed by atoms with Crippen molar-refractivity contribution in [3.63, 3.8) is 0 Å². The van der Waals surface area contributed by atoms with E-state index < -0.39 is 11.7 Å². The maximum atomic E-state index is 13.1. The average Bonchev–Trinajstić information content (AvgIpc) is 2.68. The van der Waals surface area contributed by atoms with Crippen molar-refractivity contribution in [3.8, 4) is 11.1 Å². The van der Waals surface area contributed by atoms with Crippen LogP contribution in [0.3, 0.4) is 0 Å². The van der Waals surface area contributed by atoms with E-state index in [9.17, 15) is 18.0 Å². The Morgan fingerprint density at radius 3 is 2.21 bits per heavy atom. The molecule has 0 aromatic heterocycles. The van der Waals surface area contributed by atoms with E-state index in [4.69, 9.17) is 0 Å². The van der Waals surface area contributed by atoms with E-state index in [1.54, 1.807) is 13.1 Å². The number of rotatable bonds is 4. The van der Waals surface area contributed by atoms with Crippen molar-refractivity contribution in [3.05, 3.63) is 89.5 Å². The van der Waals surface area contributed by atoms with Crippen molar-refractivity contribution in [2.24, 2.45) is 0 Å². The molecule has 144 valence electrons. The number of likely N-dealkylation sites (N-methyl/N-ethyl adjacent to an activating group) is 1. The molecule has 0 heterocycles. The second-order valence-corrected chi connectivity index (χ2v) is 6.60. The van der Waals surface area contributed by atoms with Crippen LogP contribution in [0.15, 0.2) is 72.8 Å². The molecule has 28 heavy (non-hydrogen) atoms. The average molecular weight is 383 g/mol. The van der Waals surface area contributed by atoms with Crippen LogP contribution in [0.2, 0.25) is 0 Å². The third-order valence-electron chi connectivity index (χ3n) is 4.82. The van der Waals surface area contributed by atoms with E-state index >= 15 is 0 Å². The number of hydrogen-bond acceptors (Lipinski definition) is 1. The summed E-state index contributed by atoms with van der Waals surface area (Å²) in [7, 11) is 1.65. The van der Waals surface area contributed by atoms with Gasteiger partial charge in [0.15, 0.2) is 0 Å². The van der Waals surface area contributed by atoms with Gasteiger partial charge in [0.25, 0.3) is 0 Å². The summed E-state index contributed by atoms with van der Waals surface area (Å²) in [6, 6.07) is 21.1. The Hall–Kier alpha value is -3.08. The minimum absolute atomic E-state index is 0.0908. The Bertz CT molecular complexity index is 981. The number of nitrogens with zero attached hydrogens (tertiary/aromatic N) is 1. The van der Waals surface area contributed by atoms with Gasteiger partial charge in [0.2, 0.25) is 5.91 Å². The normalized spacial score (nSPS) is 11.3. The van der Waals surface area contributed by atoms with Crippen molar-refractivity contribution < 1.29 is 18.0 Å². The molecule has 3 rings (SSSR count). The minimum atomic E-state index is -4.44. The fraction of sp³-hybridized carbons (Fsp3) is 0.174. The van der Waals surface area contributed by atoms with Gasteiger partial charge < -0.3 is 4.90 Å². The number of carbonyl (C=O) groups excluding carboxylic acids is 1. The fourth-order valence-electron chi connectivity index (χ4n) is 3.23. The smallest absolute Gasteiger partial charge is 0.315 e. The van der Waals surface area contributed by atoms with Gasteiger partial charge in [0, 0.05) is 12.6 Å². The fourth-order valence-corrected chi connectivity index (χ4v) is 3.23. The van der Waals surface area contributed by atoms with Gasteiger partial charge in [-0.3, -0.25) is 4.79 Å². The second kappa shape index (κ2) is 7.89. The Labute approximate surface area is 162 Å². The van der Waals surface area contributed by atoms with Gasteiger partial charge in [-0.25, -0.2) is 0 Å². The third-order valence-corrected chi connectivity index (χ3v) is 4.82. The van der Waals surface area contributed by atoms with Crippen LogP contribution >= 0.6 is 0 Å². The minimum Gasteiger partial charge on any atom is -0.315 e. The molecule has 0 saturated carbocycles. The molecule has 0 radical (unpaired) electrons. The molecule has 0 N–H and O–H groups in total. The first-order chi connectivity index (χ1) is 13.3. The van der Waals surface area contributed by atoms with Crippen LogP contribution in [0.25, 0.3) is 11.1 Å². The molecule has 0 aliphatic heterocycles. The van der Waals surface area contributed by atoms with Crippen LogP contribution in [-0.2, 0) is 17.4 Å². The highest BCUT2D eigenvalue weighted by molar-refractivity contribution is 5.98. The first-order valence-corrected chi connectivity index (χ1v) is 8.85. The molecule has 0 bridgehead atoms. The largest absolute Gasteiger partial charge is 0.416 e.